The summed E-state index contributed by atoms with van der Waals surface area (Å²) in [5.41, 5.74) is 12.8. The van der Waals surface area contributed by atoms with Gasteiger partial charge in [0, 0.05) is 38.7 Å². The van der Waals surface area contributed by atoms with Crippen molar-refractivity contribution in [3.05, 3.63) is 243 Å². The number of para-hydroxylation sites is 3. The molecule has 0 fully saturated rings. The highest BCUT2D eigenvalue weighted by atomic mass is 15.0. The van der Waals surface area contributed by atoms with Gasteiger partial charge in [0.2, 0.25) is 0 Å². The van der Waals surface area contributed by atoms with Crippen molar-refractivity contribution in [3.8, 4) is 73.2 Å². The zero-order valence-corrected chi connectivity index (χ0v) is 36.4. The van der Waals surface area contributed by atoms with Crippen molar-refractivity contribution >= 4 is 54.1 Å². The first-order valence-electron chi connectivity index (χ1n) is 22.8. The third kappa shape index (κ3) is 6.49. The van der Waals surface area contributed by atoms with Crippen molar-refractivity contribution < 1.29 is 0 Å². The first-order chi connectivity index (χ1) is 33.2. The summed E-state index contributed by atoms with van der Waals surface area (Å²) in [6.45, 7) is 0. The smallest absolute Gasteiger partial charge is 0.164 e. The zero-order chi connectivity index (χ0) is 44.3. The normalized spacial score (nSPS) is 11.6. The molecule has 0 radical (unpaired) electrons. The summed E-state index contributed by atoms with van der Waals surface area (Å²) >= 11 is 0. The SMILES string of the molecule is c1ccc(-c2ccccc2-c2nc(-c3ccc(-c4c5ccccc5cc5c4ccc4ccccc45)cc3)nc(-c3ccccc3-c3cccc4c5ccccc5n(-c5ccccc5)c34)n2)cc1. The number of nitrogens with zero attached hydrogens (tertiary/aromatic N) is 4. The Hall–Kier alpha value is -8.99. The van der Waals surface area contributed by atoms with Crippen LogP contribution in [-0.2, 0) is 0 Å². The Bertz CT molecular complexity index is 4020. The van der Waals surface area contributed by atoms with E-state index in [0.29, 0.717) is 17.5 Å². The third-order valence-electron chi connectivity index (χ3n) is 13.3. The Morgan fingerprint density at radius 3 is 1.57 bits per heavy atom. The molecule has 0 unspecified atom stereocenters. The van der Waals surface area contributed by atoms with Crippen LogP contribution in [-0.4, -0.2) is 19.5 Å². The van der Waals surface area contributed by atoms with Crippen LogP contribution in [0.2, 0.25) is 0 Å². The van der Waals surface area contributed by atoms with E-state index in [-0.39, 0.29) is 0 Å². The van der Waals surface area contributed by atoms with Crippen molar-refractivity contribution in [2.45, 2.75) is 0 Å². The van der Waals surface area contributed by atoms with E-state index in [4.69, 9.17) is 15.0 Å². The summed E-state index contributed by atoms with van der Waals surface area (Å²) in [7, 11) is 0. The second kappa shape index (κ2) is 15.9. The number of hydrogen-bond donors (Lipinski definition) is 0. The number of rotatable bonds is 7. The standard InChI is InChI=1S/C63H40N4/c1-3-18-41(19-4-1)47-24-11-13-29-55(47)62-64-61(44-36-34-43(35-37-44)59-49-26-10-8-21-45(49)40-57-48-25-9-7-20-42(48)38-39-52(57)59)65-63(66-62)56-30-14-12-27-50(56)53-31-17-32-54-51-28-15-16-33-58(51)67(60(53)54)46-22-5-2-6-23-46/h1-40H. The molecule has 0 saturated heterocycles. The lowest BCUT2D eigenvalue weighted by Crippen LogP contribution is -2.02. The largest absolute Gasteiger partial charge is 0.309 e. The highest BCUT2D eigenvalue weighted by Crippen LogP contribution is 2.43. The van der Waals surface area contributed by atoms with Crippen LogP contribution in [0.5, 0.6) is 0 Å². The molecule has 0 aliphatic carbocycles. The lowest BCUT2D eigenvalue weighted by atomic mass is 9.89. The third-order valence-corrected chi connectivity index (χ3v) is 13.3. The average molecular weight is 853 g/mol. The molecular weight excluding hydrogens is 813 g/mol. The monoisotopic (exact) mass is 852 g/mol. The molecule has 4 nitrogen and oxygen atoms in total. The van der Waals surface area contributed by atoms with Crippen LogP contribution in [0.3, 0.4) is 0 Å². The van der Waals surface area contributed by atoms with Gasteiger partial charge in [-0.05, 0) is 84.4 Å². The summed E-state index contributed by atoms with van der Waals surface area (Å²) in [5, 5.41) is 9.79. The molecule has 0 amide bonds. The molecule has 0 bridgehead atoms. The fourth-order valence-corrected chi connectivity index (χ4v) is 10.2. The van der Waals surface area contributed by atoms with Crippen LogP contribution >= 0.6 is 0 Å². The van der Waals surface area contributed by atoms with Crippen molar-refractivity contribution in [3.63, 3.8) is 0 Å². The van der Waals surface area contributed by atoms with Crippen LogP contribution < -0.4 is 0 Å². The van der Waals surface area contributed by atoms with Gasteiger partial charge in [-0.15, -0.1) is 0 Å². The van der Waals surface area contributed by atoms with Gasteiger partial charge in [0.25, 0.3) is 0 Å². The maximum absolute atomic E-state index is 5.40. The Labute approximate surface area is 387 Å². The van der Waals surface area contributed by atoms with E-state index in [1.54, 1.807) is 0 Å². The molecule has 0 atom stereocenters. The molecule has 4 heteroatoms. The summed E-state index contributed by atoms with van der Waals surface area (Å²) in [6, 6.07) is 86.4. The van der Waals surface area contributed by atoms with Crippen molar-refractivity contribution in [1.29, 1.82) is 0 Å². The maximum Gasteiger partial charge on any atom is 0.164 e. The van der Waals surface area contributed by atoms with Gasteiger partial charge in [-0.2, -0.15) is 0 Å². The van der Waals surface area contributed by atoms with Crippen LogP contribution in [0.25, 0.3) is 127 Å². The number of fused-ring (bicyclic) bond motifs is 7. The molecule has 0 aliphatic rings. The van der Waals surface area contributed by atoms with Gasteiger partial charge in [0.1, 0.15) is 0 Å². The molecule has 312 valence electrons. The van der Waals surface area contributed by atoms with Gasteiger partial charge >= 0.3 is 0 Å². The van der Waals surface area contributed by atoms with Crippen molar-refractivity contribution in [2.24, 2.45) is 0 Å². The molecule has 0 aliphatic heterocycles. The van der Waals surface area contributed by atoms with Crippen LogP contribution in [0, 0.1) is 0 Å². The quantitative estimate of drug-likeness (QED) is 0.118. The van der Waals surface area contributed by atoms with Crippen molar-refractivity contribution in [2.75, 3.05) is 0 Å². The molecule has 0 saturated carbocycles. The van der Waals surface area contributed by atoms with E-state index in [1.165, 1.54) is 48.7 Å². The van der Waals surface area contributed by atoms with Gasteiger partial charge < -0.3 is 4.57 Å². The minimum atomic E-state index is 0.605. The van der Waals surface area contributed by atoms with Crippen LogP contribution in [0.15, 0.2) is 243 Å². The molecule has 67 heavy (non-hydrogen) atoms. The summed E-state index contributed by atoms with van der Waals surface area (Å²) < 4.78 is 2.39. The van der Waals surface area contributed by atoms with Crippen molar-refractivity contribution in [1.82, 2.24) is 19.5 Å². The maximum atomic E-state index is 5.40. The molecule has 0 N–H and O–H groups in total. The first-order valence-corrected chi connectivity index (χ1v) is 22.8. The lowest BCUT2D eigenvalue weighted by molar-refractivity contribution is 1.07. The second-order valence-electron chi connectivity index (χ2n) is 17.1. The van der Waals surface area contributed by atoms with E-state index in [2.05, 4.69) is 241 Å². The molecule has 2 aromatic heterocycles. The van der Waals surface area contributed by atoms with E-state index < -0.39 is 0 Å². The molecular formula is C63H40N4. The first kappa shape index (κ1) is 38.5. The van der Waals surface area contributed by atoms with Gasteiger partial charge in [0.05, 0.1) is 11.0 Å². The van der Waals surface area contributed by atoms with E-state index in [1.807, 2.05) is 6.07 Å². The lowest BCUT2D eigenvalue weighted by Gasteiger charge is -2.16. The predicted molar refractivity (Wildman–Crippen MR) is 279 cm³/mol. The number of benzene rings is 11. The highest BCUT2D eigenvalue weighted by molar-refractivity contribution is 6.20. The van der Waals surface area contributed by atoms with Crippen LogP contribution in [0.1, 0.15) is 0 Å². The number of hydrogen-bond acceptors (Lipinski definition) is 3. The summed E-state index contributed by atoms with van der Waals surface area (Å²) in [5.74, 6) is 1.82. The fraction of sp³-hybridized carbons (Fsp3) is 0. The van der Waals surface area contributed by atoms with Crippen LogP contribution in [0.4, 0.5) is 0 Å². The van der Waals surface area contributed by atoms with E-state index in [0.717, 1.165) is 61.2 Å². The molecule has 11 aromatic carbocycles. The topological polar surface area (TPSA) is 43.6 Å². The highest BCUT2D eigenvalue weighted by Gasteiger charge is 2.22. The molecule has 13 rings (SSSR count). The van der Waals surface area contributed by atoms with Gasteiger partial charge in [-0.3, -0.25) is 0 Å². The van der Waals surface area contributed by atoms with Gasteiger partial charge in [0.15, 0.2) is 17.5 Å². The van der Waals surface area contributed by atoms with Gasteiger partial charge in [-0.25, -0.2) is 15.0 Å². The van der Waals surface area contributed by atoms with E-state index >= 15 is 0 Å². The molecule has 13 aromatic rings. The predicted octanol–water partition coefficient (Wildman–Crippen LogP) is 16.4. The average Bonchev–Trinajstić information content (AvgIpc) is 3.75. The Kier molecular flexibility index (Phi) is 9.14. The Morgan fingerprint density at radius 2 is 0.806 bits per heavy atom. The summed E-state index contributed by atoms with van der Waals surface area (Å²) in [4.78, 5) is 16.1. The Balaban J connectivity index is 1.02. The molecule has 2 heterocycles. The Morgan fingerprint density at radius 1 is 0.269 bits per heavy atom. The zero-order valence-electron chi connectivity index (χ0n) is 36.4. The fourth-order valence-electron chi connectivity index (χ4n) is 10.2. The van der Waals surface area contributed by atoms with Gasteiger partial charge in [-0.1, -0.05) is 218 Å². The number of aromatic nitrogens is 4. The minimum absolute atomic E-state index is 0.605. The molecule has 0 spiro atoms. The second-order valence-corrected chi connectivity index (χ2v) is 17.1. The minimum Gasteiger partial charge on any atom is -0.309 e. The van der Waals surface area contributed by atoms with E-state index in [9.17, 15) is 0 Å². The summed E-state index contributed by atoms with van der Waals surface area (Å²) in [6.07, 6.45) is 0.